The summed E-state index contributed by atoms with van der Waals surface area (Å²) in [6, 6.07) is 6.62. The average Bonchev–Trinajstić information content (AvgIpc) is 2.34. The molecule has 0 fully saturated rings. The SMILES string of the molecule is CN(CC(C)(C)O)C(=O)CNC(=O)c1ccccc1Cl. The van der Waals surface area contributed by atoms with E-state index < -0.39 is 11.5 Å². The zero-order chi connectivity index (χ0) is 15.3. The summed E-state index contributed by atoms with van der Waals surface area (Å²) in [6.45, 7) is 3.27. The number of amides is 2. The van der Waals surface area contributed by atoms with E-state index in [9.17, 15) is 14.7 Å². The first-order chi connectivity index (χ1) is 9.20. The van der Waals surface area contributed by atoms with E-state index in [1.165, 1.54) is 4.90 Å². The lowest BCUT2D eigenvalue weighted by Crippen LogP contribution is -2.44. The highest BCUT2D eigenvalue weighted by Gasteiger charge is 2.20. The molecule has 110 valence electrons. The summed E-state index contributed by atoms with van der Waals surface area (Å²) in [5, 5.41) is 12.5. The monoisotopic (exact) mass is 298 g/mol. The molecule has 1 rings (SSSR count). The zero-order valence-electron chi connectivity index (χ0n) is 11.8. The molecule has 5 nitrogen and oxygen atoms in total. The van der Waals surface area contributed by atoms with Gasteiger partial charge in [-0.2, -0.15) is 0 Å². The minimum Gasteiger partial charge on any atom is -0.389 e. The summed E-state index contributed by atoms with van der Waals surface area (Å²) in [6.07, 6.45) is 0. The van der Waals surface area contributed by atoms with Gasteiger partial charge < -0.3 is 15.3 Å². The third-order valence-corrected chi connectivity index (χ3v) is 2.90. The van der Waals surface area contributed by atoms with E-state index in [4.69, 9.17) is 11.6 Å². The number of likely N-dealkylation sites (N-methyl/N-ethyl adjacent to an activating group) is 1. The zero-order valence-corrected chi connectivity index (χ0v) is 12.6. The second kappa shape index (κ2) is 6.72. The topological polar surface area (TPSA) is 69.6 Å². The lowest BCUT2D eigenvalue weighted by molar-refractivity contribution is -0.131. The Morgan fingerprint density at radius 3 is 2.50 bits per heavy atom. The number of halogens is 1. The van der Waals surface area contributed by atoms with Gasteiger partial charge in [0.15, 0.2) is 0 Å². The van der Waals surface area contributed by atoms with Crippen LogP contribution in [0.4, 0.5) is 0 Å². The second-order valence-corrected chi connectivity index (χ2v) is 5.63. The number of nitrogens with one attached hydrogen (secondary N) is 1. The average molecular weight is 299 g/mol. The predicted molar refractivity (Wildman–Crippen MR) is 77.7 cm³/mol. The van der Waals surface area contributed by atoms with Crippen molar-refractivity contribution in [1.82, 2.24) is 10.2 Å². The molecule has 0 saturated heterocycles. The van der Waals surface area contributed by atoms with Crippen LogP contribution in [0.15, 0.2) is 24.3 Å². The Kier molecular flexibility index (Phi) is 5.53. The fourth-order valence-electron chi connectivity index (χ4n) is 1.70. The van der Waals surface area contributed by atoms with Gasteiger partial charge in [-0.05, 0) is 26.0 Å². The molecule has 0 spiro atoms. The van der Waals surface area contributed by atoms with Gasteiger partial charge in [0.2, 0.25) is 5.91 Å². The van der Waals surface area contributed by atoms with Crippen LogP contribution in [-0.4, -0.2) is 47.6 Å². The van der Waals surface area contributed by atoms with E-state index in [2.05, 4.69) is 5.32 Å². The second-order valence-electron chi connectivity index (χ2n) is 5.22. The first-order valence-electron chi connectivity index (χ1n) is 6.20. The molecule has 0 heterocycles. The molecule has 1 aromatic rings. The van der Waals surface area contributed by atoms with Crippen LogP contribution < -0.4 is 5.32 Å². The number of hydrogen-bond donors (Lipinski definition) is 2. The van der Waals surface area contributed by atoms with E-state index >= 15 is 0 Å². The van der Waals surface area contributed by atoms with Gasteiger partial charge in [0.05, 0.1) is 22.7 Å². The lowest BCUT2D eigenvalue weighted by Gasteiger charge is -2.25. The Labute approximate surface area is 123 Å². The van der Waals surface area contributed by atoms with Gasteiger partial charge in [-0.1, -0.05) is 23.7 Å². The van der Waals surface area contributed by atoms with Crippen molar-refractivity contribution in [2.75, 3.05) is 20.1 Å². The fraction of sp³-hybridized carbons (Fsp3) is 0.429. The molecule has 0 radical (unpaired) electrons. The molecule has 1 aromatic carbocycles. The molecule has 0 bridgehead atoms. The van der Waals surface area contributed by atoms with Crippen molar-refractivity contribution >= 4 is 23.4 Å². The summed E-state index contributed by atoms with van der Waals surface area (Å²) in [5.74, 6) is -0.687. The van der Waals surface area contributed by atoms with Crippen LogP contribution in [0.3, 0.4) is 0 Å². The van der Waals surface area contributed by atoms with E-state index in [0.29, 0.717) is 10.6 Å². The van der Waals surface area contributed by atoms with Crippen LogP contribution in [-0.2, 0) is 4.79 Å². The summed E-state index contributed by atoms with van der Waals surface area (Å²) >= 11 is 5.89. The van der Waals surface area contributed by atoms with Crippen molar-refractivity contribution in [3.05, 3.63) is 34.9 Å². The quantitative estimate of drug-likeness (QED) is 0.861. The van der Waals surface area contributed by atoms with Gasteiger partial charge in [-0.15, -0.1) is 0 Å². The molecule has 2 amide bonds. The molecule has 0 aliphatic heterocycles. The normalized spacial score (nSPS) is 11.1. The lowest BCUT2D eigenvalue weighted by atomic mass is 10.1. The highest BCUT2D eigenvalue weighted by Crippen LogP contribution is 2.14. The maximum atomic E-state index is 11.9. The number of benzene rings is 1. The molecule has 0 saturated carbocycles. The molecule has 0 unspecified atom stereocenters. The third kappa shape index (κ3) is 5.19. The fourth-order valence-corrected chi connectivity index (χ4v) is 1.92. The predicted octanol–water partition coefficient (Wildman–Crippen LogP) is 1.30. The number of aliphatic hydroxyl groups is 1. The van der Waals surface area contributed by atoms with Crippen molar-refractivity contribution in [2.45, 2.75) is 19.4 Å². The molecule has 0 aliphatic carbocycles. The van der Waals surface area contributed by atoms with Crippen LogP contribution in [0, 0.1) is 0 Å². The van der Waals surface area contributed by atoms with Gasteiger partial charge in [0, 0.05) is 13.6 Å². The first-order valence-corrected chi connectivity index (χ1v) is 6.57. The van der Waals surface area contributed by atoms with Crippen molar-refractivity contribution in [1.29, 1.82) is 0 Å². The molecule has 2 N–H and O–H groups in total. The number of rotatable bonds is 5. The van der Waals surface area contributed by atoms with Gasteiger partial charge in [-0.25, -0.2) is 0 Å². The Morgan fingerprint density at radius 2 is 1.95 bits per heavy atom. The summed E-state index contributed by atoms with van der Waals surface area (Å²) in [4.78, 5) is 25.0. The number of hydrogen-bond acceptors (Lipinski definition) is 3. The Balaban J connectivity index is 2.53. The van der Waals surface area contributed by atoms with Gasteiger partial charge in [0.1, 0.15) is 0 Å². The summed E-state index contributed by atoms with van der Waals surface area (Å²) in [7, 11) is 1.57. The Hall–Kier alpha value is -1.59. The minimum absolute atomic E-state index is 0.142. The standard InChI is InChI=1S/C14H19ClN2O3/c1-14(2,20)9-17(3)12(18)8-16-13(19)10-6-4-5-7-11(10)15/h4-7,20H,8-9H2,1-3H3,(H,16,19). The van der Waals surface area contributed by atoms with Crippen molar-refractivity contribution in [3.63, 3.8) is 0 Å². The van der Waals surface area contributed by atoms with Gasteiger partial charge >= 0.3 is 0 Å². The van der Waals surface area contributed by atoms with Gasteiger partial charge in [-0.3, -0.25) is 9.59 Å². The third-order valence-electron chi connectivity index (χ3n) is 2.57. The molecule has 0 atom stereocenters. The van der Waals surface area contributed by atoms with Crippen molar-refractivity contribution in [3.8, 4) is 0 Å². The summed E-state index contributed by atoms with van der Waals surface area (Å²) < 4.78 is 0. The number of nitrogens with zero attached hydrogens (tertiary/aromatic N) is 1. The van der Waals surface area contributed by atoms with Crippen LogP contribution >= 0.6 is 11.6 Å². The van der Waals surface area contributed by atoms with Crippen molar-refractivity contribution < 1.29 is 14.7 Å². The molecule has 0 aliphatic rings. The first kappa shape index (κ1) is 16.5. The van der Waals surface area contributed by atoms with Crippen LogP contribution in [0.5, 0.6) is 0 Å². The maximum Gasteiger partial charge on any atom is 0.253 e. The molecule has 0 aromatic heterocycles. The number of carbonyl (C=O) groups is 2. The highest BCUT2D eigenvalue weighted by molar-refractivity contribution is 6.33. The van der Waals surface area contributed by atoms with Crippen LogP contribution in [0.2, 0.25) is 5.02 Å². The van der Waals surface area contributed by atoms with E-state index in [0.717, 1.165) is 0 Å². The summed E-state index contributed by atoms with van der Waals surface area (Å²) in [5.41, 5.74) is -0.649. The maximum absolute atomic E-state index is 11.9. The highest BCUT2D eigenvalue weighted by atomic mass is 35.5. The molecule has 6 heteroatoms. The minimum atomic E-state index is -0.975. The van der Waals surface area contributed by atoms with Crippen LogP contribution in [0.25, 0.3) is 0 Å². The van der Waals surface area contributed by atoms with Gasteiger partial charge in [0.25, 0.3) is 5.91 Å². The number of carbonyl (C=O) groups excluding carboxylic acids is 2. The van der Waals surface area contributed by atoms with Crippen molar-refractivity contribution in [2.24, 2.45) is 0 Å². The van der Waals surface area contributed by atoms with E-state index in [-0.39, 0.29) is 19.0 Å². The Bertz CT molecular complexity index is 497. The van der Waals surface area contributed by atoms with Crippen LogP contribution in [0.1, 0.15) is 24.2 Å². The molecular formula is C14H19ClN2O3. The smallest absolute Gasteiger partial charge is 0.253 e. The Morgan fingerprint density at radius 1 is 1.35 bits per heavy atom. The molecule has 20 heavy (non-hydrogen) atoms. The largest absolute Gasteiger partial charge is 0.389 e. The van der Waals surface area contributed by atoms with E-state index in [1.807, 2.05) is 0 Å². The van der Waals surface area contributed by atoms with E-state index in [1.54, 1.807) is 45.2 Å². The molecular weight excluding hydrogens is 280 g/mol.